The van der Waals surface area contributed by atoms with Crippen LogP contribution in [0.25, 0.3) is 5.57 Å². The summed E-state index contributed by atoms with van der Waals surface area (Å²) in [6.45, 7) is 5.13. The average molecular weight is 416 g/mol. The molecule has 0 amide bonds. The van der Waals surface area contributed by atoms with E-state index in [1.165, 1.54) is 29.8 Å². The van der Waals surface area contributed by atoms with E-state index in [1.807, 2.05) is 18.2 Å². The summed E-state index contributed by atoms with van der Waals surface area (Å²) >= 11 is 12.8. The van der Waals surface area contributed by atoms with E-state index in [4.69, 9.17) is 23.2 Å². The number of benzene rings is 1. The molecule has 2 N–H and O–H groups in total. The highest BCUT2D eigenvalue weighted by atomic mass is 35.5. The Morgan fingerprint density at radius 1 is 1.21 bits per heavy atom. The van der Waals surface area contributed by atoms with Crippen LogP contribution in [0.4, 0.5) is 0 Å². The number of nitrogens with one attached hydrogen (secondary N) is 2. The lowest BCUT2D eigenvalue weighted by molar-refractivity contribution is -0.917. The predicted molar refractivity (Wildman–Crippen MR) is 115 cm³/mol. The minimum absolute atomic E-state index is 0.647. The minimum atomic E-state index is 0.647. The van der Waals surface area contributed by atoms with E-state index >= 15 is 0 Å². The summed E-state index contributed by atoms with van der Waals surface area (Å²) in [5.41, 5.74) is 5.86. The molecule has 4 nitrogen and oxygen atoms in total. The molecule has 0 radical (unpaired) electrons. The molecule has 0 aromatic heterocycles. The number of quaternary nitrogens is 1. The van der Waals surface area contributed by atoms with E-state index < -0.39 is 0 Å². The van der Waals surface area contributed by atoms with E-state index in [1.54, 1.807) is 0 Å². The third-order valence-electron chi connectivity index (χ3n) is 5.95. The lowest BCUT2D eigenvalue weighted by Crippen LogP contribution is -2.55. The van der Waals surface area contributed by atoms with Gasteiger partial charge in [-0.3, -0.25) is 0 Å². The van der Waals surface area contributed by atoms with Gasteiger partial charge >= 0.3 is 0 Å². The van der Waals surface area contributed by atoms with Crippen LogP contribution in [0.1, 0.15) is 31.7 Å². The van der Waals surface area contributed by atoms with Crippen LogP contribution in [0, 0.1) is 5.92 Å². The van der Waals surface area contributed by atoms with Crippen LogP contribution in [-0.2, 0) is 0 Å². The maximum absolute atomic E-state index is 6.66. The van der Waals surface area contributed by atoms with Gasteiger partial charge in [0.05, 0.1) is 30.0 Å². The van der Waals surface area contributed by atoms with Gasteiger partial charge < -0.3 is 10.6 Å². The summed E-state index contributed by atoms with van der Waals surface area (Å²) in [6.07, 6.45) is 12.7. The standard InChI is InChI=1S/C22H25Cl2N4/c1-2-9-27(13-15-5-6-15)28-10-3-4-19(28)21(22-20(28)12-25-14-26-22)17-8-7-16(23)11-18(17)24/h3-4,7-8,10-12,15,25-26H,2,5-6,9,13-14H2,1H3/q+1. The normalized spacial score (nSPS) is 25.3. The van der Waals surface area contributed by atoms with Gasteiger partial charge in [-0.05, 0) is 37.3 Å². The van der Waals surface area contributed by atoms with E-state index in [-0.39, 0.29) is 0 Å². The number of halogens is 2. The van der Waals surface area contributed by atoms with Gasteiger partial charge in [0.2, 0.25) is 5.70 Å². The number of hydrogen-bond acceptors (Lipinski definition) is 3. The highest BCUT2D eigenvalue weighted by Crippen LogP contribution is 2.53. The van der Waals surface area contributed by atoms with E-state index in [0.717, 1.165) is 36.7 Å². The van der Waals surface area contributed by atoms with Crippen LogP contribution in [0.15, 0.2) is 59.8 Å². The molecule has 6 heteroatoms. The fraction of sp³-hybridized carbons (Fsp3) is 0.364. The Kier molecular flexibility index (Phi) is 4.55. The van der Waals surface area contributed by atoms with Crippen molar-refractivity contribution in [1.82, 2.24) is 15.6 Å². The van der Waals surface area contributed by atoms with Crippen LogP contribution in [0.3, 0.4) is 0 Å². The maximum atomic E-state index is 6.66. The van der Waals surface area contributed by atoms with Crippen molar-refractivity contribution in [3.8, 4) is 0 Å². The van der Waals surface area contributed by atoms with Gasteiger partial charge in [-0.1, -0.05) is 36.2 Å². The van der Waals surface area contributed by atoms with E-state index in [0.29, 0.717) is 21.3 Å². The molecular formula is C22H25Cl2N4+. The molecule has 146 valence electrons. The van der Waals surface area contributed by atoms with Gasteiger partial charge in [-0.15, -0.1) is 9.60 Å². The summed E-state index contributed by atoms with van der Waals surface area (Å²) in [7, 11) is 0. The zero-order chi connectivity index (χ0) is 19.3. The molecule has 0 saturated heterocycles. The van der Waals surface area contributed by atoms with E-state index in [2.05, 4.69) is 47.1 Å². The van der Waals surface area contributed by atoms with Gasteiger partial charge in [-0.2, -0.15) is 0 Å². The fourth-order valence-electron chi connectivity index (χ4n) is 4.58. The molecule has 4 aliphatic rings. The molecule has 1 aromatic carbocycles. The van der Waals surface area contributed by atoms with Crippen molar-refractivity contribution in [3.63, 3.8) is 0 Å². The van der Waals surface area contributed by atoms with Crippen molar-refractivity contribution in [3.05, 3.63) is 75.5 Å². The van der Waals surface area contributed by atoms with Gasteiger partial charge in [0.25, 0.3) is 0 Å². The SMILES string of the molecule is CCCN(CC1CC1)[N+]12C=CC=C1C(c1ccc(Cl)cc1Cl)=C1NCNC=C12. The molecule has 5 rings (SSSR count). The molecule has 1 fully saturated rings. The summed E-state index contributed by atoms with van der Waals surface area (Å²) in [4.78, 5) is 0. The van der Waals surface area contributed by atoms with Gasteiger partial charge in [0.1, 0.15) is 11.9 Å². The molecular weight excluding hydrogens is 391 g/mol. The summed E-state index contributed by atoms with van der Waals surface area (Å²) < 4.78 is 0.647. The summed E-state index contributed by atoms with van der Waals surface area (Å²) in [5, 5.41) is 10.9. The number of allylic oxidation sites excluding steroid dienone is 3. The molecule has 0 bridgehead atoms. The Morgan fingerprint density at radius 3 is 2.82 bits per heavy atom. The molecule has 1 saturated carbocycles. The Morgan fingerprint density at radius 2 is 2.07 bits per heavy atom. The van der Waals surface area contributed by atoms with Crippen molar-refractivity contribution in [1.29, 1.82) is 0 Å². The average Bonchev–Trinajstić information content (AvgIpc) is 3.32. The van der Waals surface area contributed by atoms with E-state index in [9.17, 15) is 0 Å². The van der Waals surface area contributed by atoms with Crippen molar-refractivity contribution < 1.29 is 4.59 Å². The third kappa shape index (κ3) is 2.74. The lowest BCUT2D eigenvalue weighted by atomic mass is 10.0. The van der Waals surface area contributed by atoms with Crippen LogP contribution < -0.4 is 10.6 Å². The molecule has 3 heterocycles. The minimum Gasteiger partial charge on any atom is -0.369 e. The third-order valence-corrected chi connectivity index (χ3v) is 6.50. The first kappa shape index (κ1) is 18.3. The number of hydrogen-bond donors (Lipinski definition) is 2. The van der Waals surface area contributed by atoms with Crippen molar-refractivity contribution in [2.75, 3.05) is 19.8 Å². The highest BCUT2D eigenvalue weighted by Gasteiger charge is 2.55. The first-order valence-electron chi connectivity index (χ1n) is 10.1. The lowest BCUT2D eigenvalue weighted by Gasteiger charge is -2.40. The smallest absolute Gasteiger partial charge is 0.202 e. The molecule has 1 aromatic rings. The van der Waals surface area contributed by atoms with Crippen molar-refractivity contribution in [2.24, 2.45) is 5.92 Å². The summed E-state index contributed by atoms with van der Waals surface area (Å²) in [6, 6.07) is 5.80. The van der Waals surface area contributed by atoms with Crippen LogP contribution in [0.2, 0.25) is 10.0 Å². The summed E-state index contributed by atoms with van der Waals surface area (Å²) in [5.74, 6) is 0.811. The monoisotopic (exact) mass is 415 g/mol. The number of rotatable bonds is 6. The molecule has 1 atom stereocenters. The highest BCUT2D eigenvalue weighted by molar-refractivity contribution is 6.36. The number of nitrogens with zero attached hydrogens (tertiary/aromatic N) is 2. The Balaban J connectivity index is 1.67. The van der Waals surface area contributed by atoms with Gasteiger partial charge in [0.15, 0.2) is 5.70 Å². The quantitative estimate of drug-likeness (QED) is 0.641. The second-order valence-corrected chi connectivity index (χ2v) is 8.74. The Hall–Kier alpha value is -1.72. The van der Waals surface area contributed by atoms with Crippen molar-refractivity contribution >= 4 is 28.8 Å². The topological polar surface area (TPSA) is 27.3 Å². The largest absolute Gasteiger partial charge is 0.369 e. The first-order valence-corrected chi connectivity index (χ1v) is 10.8. The second-order valence-electron chi connectivity index (χ2n) is 7.90. The fourth-order valence-corrected chi connectivity index (χ4v) is 5.08. The molecule has 0 spiro atoms. The zero-order valence-corrected chi connectivity index (χ0v) is 17.5. The molecule has 1 unspecified atom stereocenters. The maximum Gasteiger partial charge on any atom is 0.202 e. The van der Waals surface area contributed by atoms with Crippen molar-refractivity contribution in [2.45, 2.75) is 26.2 Å². The Bertz CT molecular complexity index is 942. The first-order chi connectivity index (χ1) is 13.6. The molecule has 3 aliphatic heterocycles. The predicted octanol–water partition coefficient (Wildman–Crippen LogP) is 4.97. The van der Waals surface area contributed by atoms with Crippen LogP contribution >= 0.6 is 23.2 Å². The zero-order valence-electron chi connectivity index (χ0n) is 16.0. The van der Waals surface area contributed by atoms with Crippen LogP contribution in [0.5, 0.6) is 0 Å². The molecule has 28 heavy (non-hydrogen) atoms. The second kappa shape index (κ2) is 6.96. The van der Waals surface area contributed by atoms with Gasteiger partial charge in [0, 0.05) is 29.3 Å². The molecule has 1 aliphatic carbocycles. The van der Waals surface area contributed by atoms with Crippen LogP contribution in [-0.4, -0.2) is 29.4 Å². The van der Waals surface area contributed by atoms with Gasteiger partial charge in [-0.25, -0.2) is 0 Å². The number of fused-ring (bicyclic) bond motifs is 3. The Labute approximate surface area is 176 Å².